The molecule has 0 unspecified atom stereocenters. The minimum atomic E-state index is -1.13. The number of amides is 1. The molecule has 0 aliphatic carbocycles. The summed E-state index contributed by atoms with van der Waals surface area (Å²) < 4.78 is 11.3. The molecule has 1 aromatic carbocycles. The van der Waals surface area contributed by atoms with Gasteiger partial charge in [-0.3, -0.25) is 4.79 Å². The molecule has 0 atom stereocenters. The third kappa shape index (κ3) is 1.02. The van der Waals surface area contributed by atoms with E-state index >= 15 is 0 Å². The third-order valence-electron chi connectivity index (χ3n) is 3.79. The second kappa shape index (κ2) is 3.09. The van der Waals surface area contributed by atoms with Gasteiger partial charge in [-0.2, -0.15) is 0 Å². The fourth-order valence-electron chi connectivity index (χ4n) is 3.10. The Morgan fingerprint density at radius 2 is 2.06 bits per heavy atom. The van der Waals surface area contributed by atoms with Crippen molar-refractivity contribution in [3.63, 3.8) is 0 Å². The highest BCUT2D eigenvalue weighted by atomic mass is 16.7. The minimum Gasteiger partial charge on any atom is -0.336 e. The van der Waals surface area contributed by atoms with Gasteiger partial charge in [0.1, 0.15) is 0 Å². The van der Waals surface area contributed by atoms with E-state index in [0.29, 0.717) is 13.2 Å². The van der Waals surface area contributed by atoms with Gasteiger partial charge in [0, 0.05) is 12.1 Å². The van der Waals surface area contributed by atoms with Crippen LogP contribution in [-0.2, 0) is 26.5 Å². The van der Waals surface area contributed by atoms with E-state index in [1.807, 2.05) is 17.0 Å². The van der Waals surface area contributed by atoms with E-state index < -0.39 is 5.79 Å². The molecule has 88 valence electrons. The molecular formula is C13H13NO3. The van der Waals surface area contributed by atoms with Crippen LogP contribution in [0.4, 0.5) is 5.69 Å². The van der Waals surface area contributed by atoms with Crippen LogP contribution in [0.5, 0.6) is 0 Å². The summed E-state index contributed by atoms with van der Waals surface area (Å²) >= 11 is 0. The predicted octanol–water partition coefficient (Wildman–Crippen LogP) is 1.18. The number of ether oxygens (including phenoxy) is 2. The van der Waals surface area contributed by atoms with Crippen molar-refractivity contribution < 1.29 is 14.3 Å². The molecule has 0 radical (unpaired) electrons. The first kappa shape index (κ1) is 9.62. The SMILES string of the molecule is O=C1N2CCCc3cccc(c32)C12OCCO2. The van der Waals surface area contributed by atoms with Crippen molar-refractivity contribution in [2.45, 2.75) is 18.6 Å². The Bertz CT molecular complexity index is 505. The Hall–Kier alpha value is -1.39. The van der Waals surface area contributed by atoms with Crippen LogP contribution in [0, 0.1) is 0 Å². The Kier molecular flexibility index (Phi) is 1.75. The summed E-state index contributed by atoms with van der Waals surface area (Å²) in [6, 6.07) is 6.03. The van der Waals surface area contributed by atoms with Crippen LogP contribution in [0.15, 0.2) is 18.2 Å². The number of rotatable bonds is 0. The van der Waals surface area contributed by atoms with Crippen LogP contribution in [0.2, 0.25) is 0 Å². The zero-order chi connectivity index (χ0) is 11.5. The van der Waals surface area contributed by atoms with Crippen LogP contribution in [0.3, 0.4) is 0 Å². The van der Waals surface area contributed by atoms with Crippen LogP contribution in [0.1, 0.15) is 17.5 Å². The monoisotopic (exact) mass is 231 g/mol. The zero-order valence-corrected chi connectivity index (χ0v) is 9.44. The molecule has 3 heterocycles. The highest BCUT2D eigenvalue weighted by Crippen LogP contribution is 2.48. The molecule has 0 N–H and O–H groups in total. The summed E-state index contributed by atoms with van der Waals surface area (Å²) in [5.74, 6) is -1.17. The second-order valence-corrected chi connectivity index (χ2v) is 4.69. The second-order valence-electron chi connectivity index (χ2n) is 4.69. The van der Waals surface area contributed by atoms with E-state index in [-0.39, 0.29) is 5.91 Å². The standard InChI is InChI=1S/C13H13NO3/c15-12-13(16-7-8-17-13)10-5-1-3-9-4-2-6-14(12)11(9)10/h1,3,5H,2,4,6-8H2. The molecule has 3 aliphatic rings. The first-order chi connectivity index (χ1) is 8.33. The van der Waals surface area contributed by atoms with Crippen LogP contribution < -0.4 is 4.90 Å². The zero-order valence-electron chi connectivity index (χ0n) is 9.44. The van der Waals surface area contributed by atoms with Gasteiger partial charge in [-0.15, -0.1) is 0 Å². The van der Waals surface area contributed by atoms with E-state index in [9.17, 15) is 4.79 Å². The van der Waals surface area contributed by atoms with Crippen molar-refractivity contribution in [2.24, 2.45) is 0 Å². The van der Waals surface area contributed by atoms with Gasteiger partial charge < -0.3 is 14.4 Å². The predicted molar refractivity (Wildman–Crippen MR) is 60.7 cm³/mol. The number of nitrogens with zero attached hydrogens (tertiary/aromatic N) is 1. The lowest BCUT2D eigenvalue weighted by Gasteiger charge is -2.25. The third-order valence-corrected chi connectivity index (χ3v) is 3.79. The lowest BCUT2D eigenvalue weighted by molar-refractivity contribution is -0.180. The van der Waals surface area contributed by atoms with Gasteiger partial charge in [-0.05, 0) is 18.4 Å². The van der Waals surface area contributed by atoms with Crippen LogP contribution in [0.25, 0.3) is 0 Å². The molecule has 1 amide bonds. The summed E-state index contributed by atoms with van der Waals surface area (Å²) in [6.45, 7) is 1.75. The fraction of sp³-hybridized carbons (Fsp3) is 0.462. The number of benzene rings is 1. The van der Waals surface area contributed by atoms with Crippen molar-refractivity contribution in [1.29, 1.82) is 0 Å². The number of carbonyl (C=O) groups excluding carboxylic acids is 1. The molecule has 1 saturated heterocycles. The number of anilines is 1. The molecular weight excluding hydrogens is 218 g/mol. The van der Waals surface area contributed by atoms with E-state index in [2.05, 4.69) is 6.07 Å². The van der Waals surface area contributed by atoms with Crippen molar-refractivity contribution in [3.8, 4) is 0 Å². The maximum atomic E-state index is 12.5. The largest absolute Gasteiger partial charge is 0.336 e. The highest BCUT2D eigenvalue weighted by Gasteiger charge is 2.56. The van der Waals surface area contributed by atoms with Crippen molar-refractivity contribution in [2.75, 3.05) is 24.7 Å². The topological polar surface area (TPSA) is 38.8 Å². The quantitative estimate of drug-likeness (QED) is 0.673. The van der Waals surface area contributed by atoms with Gasteiger partial charge in [-0.25, -0.2) is 0 Å². The number of carbonyl (C=O) groups is 1. The molecule has 1 fully saturated rings. The molecule has 17 heavy (non-hydrogen) atoms. The average Bonchev–Trinajstić information content (AvgIpc) is 2.94. The molecule has 0 bridgehead atoms. The first-order valence-corrected chi connectivity index (χ1v) is 6.05. The van der Waals surface area contributed by atoms with Crippen molar-refractivity contribution in [3.05, 3.63) is 29.3 Å². The van der Waals surface area contributed by atoms with Gasteiger partial charge in [0.25, 0.3) is 11.7 Å². The molecule has 4 nitrogen and oxygen atoms in total. The lowest BCUT2D eigenvalue weighted by atomic mass is 9.99. The van der Waals surface area contributed by atoms with Crippen LogP contribution >= 0.6 is 0 Å². The molecule has 1 aromatic rings. The maximum Gasteiger partial charge on any atom is 0.292 e. The van der Waals surface area contributed by atoms with Gasteiger partial charge in [0.15, 0.2) is 0 Å². The fourth-order valence-corrected chi connectivity index (χ4v) is 3.10. The van der Waals surface area contributed by atoms with Gasteiger partial charge in [-0.1, -0.05) is 18.2 Å². The highest BCUT2D eigenvalue weighted by molar-refractivity contribution is 6.07. The number of para-hydroxylation sites is 1. The van der Waals surface area contributed by atoms with E-state index in [4.69, 9.17) is 9.47 Å². The number of fused-ring (bicyclic) bond motifs is 1. The summed E-state index contributed by atoms with van der Waals surface area (Å²) in [7, 11) is 0. The molecule has 3 aliphatic heterocycles. The van der Waals surface area contributed by atoms with Gasteiger partial charge >= 0.3 is 0 Å². The minimum absolute atomic E-state index is 0.0443. The summed E-state index contributed by atoms with van der Waals surface area (Å²) in [6.07, 6.45) is 2.04. The van der Waals surface area contributed by atoms with Crippen molar-refractivity contribution >= 4 is 11.6 Å². The maximum absolute atomic E-state index is 12.5. The molecule has 4 rings (SSSR count). The van der Waals surface area contributed by atoms with Gasteiger partial charge in [0.2, 0.25) is 0 Å². The van der Waals surface area contributed by atoms with Crippen LogP contribution in [-0.4, -0.2) is 25.7 Å². The molecule has 4 heteroatoms. The van der Waals surface area contributed by atoms with Gasteiger partial charge in [0.05, 0.1) is 18.9 Å². The Morgan fingerprint density at radius 3 is 2.88 bits per heavy atom. The summed E-state index contributed by atoms with van der Waals surface area (Å²) in [5.41, 5.74) is 3.17. The smallest absolute Gasteiger partial charge is 0.292 e. The summed E-state index contributed by atoms with van der Waals surface area (Å²) in [5, 5.41) is 0. The van der Waals surface area contributed by atoms with Crippen molar-refractivity contribution in [1.82, 2.24) is 0 Å². The normalized spacial score (nSPS) is 24.5. The van der Waals surface area contributed by atoms with E-state index in [1.165, 1.54) is 5.56 Å². The van der Waals surface area contributed by atoms with E-state index in [1.54, 1.807) is 0 Å². The molecule has 0 aromatic heterocycles. The Balaban J connectivity index is 1.99. The summed E-state index contributed by atoms with van der Waals surface area (Å²) in [4.78, 5) is 14.3. The number of aryl methyl sites for hydroxylation is 1. The Morgan fingerprint density at radius 1 is 1.24 bits per heavy atom. The lowest BCUT2D eigenvalue weighted by Crippen LogP contribution is -2.42. The molecule has 1 spiro atoms. The first-order valence-electron chi connectivity index (χ1n) is 6.05. The number of hydrogen-bond donors (Lipinski definition) is 0. The molecule has 0 saturated carbocycles. The number of hydrogen-bond acceptors (Lipinski definition) is 3. The van der Waals surface area contributed by atoms with E-state index in [0.717, 1.165) is 30.6 Å². The average molecular weight is 231 g/mol. The Labute approximate surface area is 99.1 Å².